The first-order valence-electron chi connectivity index (χ1n) is 6.77. The molecule has 0 heterocycles. The molecule has 2 atom stereocenters. The van der Waals surface area contributed by atoms with Gasteiger partial charge in [0.25, 0.3) is 0 Å². The molecule has 1 aromatic rings. The third kappa shape index (κ3) is 4.83. The van der Waals surface area contributed by atoms with Crippen molar-refractivity contribution in [3.8, 4) is 0 Å². The van der Waals surface area contributed by atoms with E-state index in [1.807, 2.05) is 11.8 Å². The van der Waals surface area contributed by atoms with E-state index in [9.17, 15) is 0 Å². The van der Waals surface area contributed by atoms with E-state index in [2.05, 4.69) is 51.2 Å². The summed E-state index contributed by atoms with van der Waals surface area (Å²) >= 11 is 8.22. The van der Waals surface area contributed by atoms with E-state index in [4.69, 9.17) is 11.6 Å². The summed E-state index contributed by atoms with van der Waals surface area (Å²) in [6.07, 6.45) is 2.32. The van der Waals surface area contributed by atoms with Crippen molar-refractivity contribution in [3.05, 3.63) is 28.8 Å². The van der Waals surface area contributed by atoms with Crippen molar-refractivity contribution in [2.75, 3.05) is 6.54 Å². The lowest BCUT2D eigenvalue weighted by molar-refractivity contribution is 0.570. The number of hydrogen-bond acceptors (Lipinski definition) is 2. The maximum Gasteiger partial charge on any atom is 0.0545 e. The molecule has 1 N–H and O–H groups in total. The molecule has 0 aliphatic carbocycles. The van der Waals surface area contributed by atoms with Crippen molar-refractivity contribution in [2.45, 2.75) is 56.7 Å². The highest BCUT2D eigenvalue weighted by molar-refractivity contribution is 8.00. The van der Waals surface area contributed by atoms with Gasteiger partial charge < -0.3 is 5.32 Å². The second-order valence-electron chi connectivity index (χ2n) is 4.70. The largest absolute Gasteiger partial charge is 0.310 e. The van der Waals surface area contributed by atoms with Crippen LogP contribution in [0, 0.1) is 0 Å². The van der Waals surface area contributed by atoms with Crippen LogP contribution in [0.1, 0.15) is 52.1 Å². The fraction of sp³-hybridized carbons (Fsp3) is 0.600. The molecular weight excluding hydrogens is 262 g/mol. The zero-order chi connectivity index (χ0) is 13.5. The molecule has 0 fully saturated rings. The van der Waals surface area contributed by atoms with Crippen LogP contribution in [-0.2, 0) is 0 Å². The minimum atomic E-state index is 0.366. The minimum Gasteiger partial charge on any atom is -0.310 e. The third-order valence-electron chi connectivity index (χ3n) is 3.06. The van der Waals surface area contributed by atoms with Gasteiger partial charge in [-0.05, 0) is 44.0 Å². The predicted octanol–water partition coefficient (Wildman–Crippen LogP) is 5.29. The Balaban J connectivity index is 2.72. The molecule has 102 valence electrons. The molecule has 0 bridgehead atoms. The molecule has 0 saturated heterocycles. The van der Waals surface area contributed by atoms with Gasteiger partial charge in [0, 0.05) is 16.2 Å². The van der Waals surface area contributed by atoms with Crippen LogP contribution in [0.4, 0.5) is 0 Å². The van der Waals surface area contributed by atoms with E-state index in [0.29, 0.717) is 11.3 Å². The van der Waals surface area contributed by atoms with Gasteiger partial charge in [0.05, 0.1) is 5.02 Å². The average Bonchev–Trinajstić information content (AvgIpc) is 2.38. The summed E-state index contributed by atoms with van der Waals surface area (Å²) in [7, 11) is 0. The molecule has 0 radical (unpaired) electrons. The monoisotopic (exact) mass is 285 g/mol. The molecule has 0 aromatic heterocycles. The van der Waals surface area contributed by atoms with Gasteiger partial charge in [-0.1, -0.05) is 38.4 Å². The van der Waals surface area contributed by atoms with Crippen LogP contribution >= 0.6 is 23.4 Å². The standard InChI is InChI=1S/C15H24ClNS/c1-5-9-17-12(4)13-7-8-15(14(16)10-13)18-11(3)6-2/h7-8,10-12,17H,5-6,9H2,1-4H3. The van der Waals surface area contributed by atoms with Gasteiger partial charge in [-0.15, -0.1) is 11.8 Å². The van der Waals surface area contributed by atoms with Crippen LogP contribution in [-0.4, -0.2) is 11.8 Å². The molecule has 0 spiro atoms. The molecule has 0 aliphatic heterocycles. The Morgan fingerprint density at radius 1 is 1.28 bits per heavy atom. The topological polar surface area (TPSA) is 12.0 Å². The van der Waals surface area contributed by atoms with Crippen molar-refractivity contribution < 1.29 is 0 Å². The Kier molecular flexibility index (Phi) is 7.13. The second kappa shape index (κ2) is 8.08. The molecule has 0 saturated carbocycles. The van der Waals surface area contributed by atoms with E-state index in [0.717, 1.165) is 24.4 Å². The lowest BCUT2D eigenvalue weighted by atomic mass is 10.1. The molecule has 3 heteroatoms. The number of rotatable bonds is 7. The Labute approximate surface area is 121 Å². The van der Waals surface area contributed by atoms with Crippen molar-refractivity contribution in [2.24, 2.45) is 0 Å². The maximum atomic E-state index is 6.36. The molecule has 1 nitrogen and oxygen atoms in total. The average molecular weight is 286 g/mol. The normalized spacial score (nSPS) is 14.5. The summed E-state index contributed by atoms with van der Waals surface area (Å²) in [5, 5.41) is 4.97. The zero-order valence-electron chi connectivity index (χ0n) is 11.8. The summed E-state index contributed by atoms with van der Waals surface area (Å²) in [4.78, 5) is 1.19. The summed E-state index contributed by atoms with van der Waals surface area (Å²) in [5.74, 6) is 0. The van der Waals surface area contributed by atoms with Gasteiger partial charge in [0.15, 0.2) is 0 Å². The van der Waals surface area contributed by atoms with E-state index < -0.39 is 0 Å². The molecule has 0 aliphatic rings. The fourth-order valence-corrected chi connectivity index (χ4v) is 2.90. The number of benzene rings is 1. The third-order valence-corrected chi connectivity index (χ3v) is 4.83. The summed E-state index contributed by atoms with van der Waals surface area (Å²) in [6, 6.07) is 6.80. The first-order chi connectivity index (χ1) is 8.58. The first kappa shape index (κ1) is 15.9. The molecule has 2 unspecified atom stereocenters. The van der Waals surface area contributed by atoms with Crippen molar-refractivity contribution in [3.63, 3.8) is 0 Å². The lowest BCUT2D eigenvalue weighted by Crippen LogP contribution is -2.19. The fourth-order valence-electron chi connectivity index (χ4n) is 1.66. The highest BCUT2D eigenvalue weighted by atomic mass is 35.5. The quantitative estimate of drug-likeness (QED) is 0.683. The highest BCUT2D eigenvalue weighted by Crippen LogP contribution is 2.33. The van der Waals surface area contributed by atoms with Crippen molar-refractivity contribution in [1.82, 2.24) is 5.32 Å². The van der Waals surface area contributed by atoms with Crippen LogP contribution in [0.15, 0.2) is 23.1 Å². The Hall–Kier alpha value is -0.180. The minimum absolute atomic E-state index is 0.366. The van der Waals surface area contributed by atoms with Crippen LogP contribution in [0.3, 0.4) is 0 Å². The molecular formula is C15H24ClNS. The van der Waals surface area contributed by atoms with Gasteiger partial charge in [-0.3, -0.25) is 0 Å². The van der Waals surface area contributed by atoms with Gasteiger partial charge in [0.1, 0.15) is 0 Å². The Morgan fingerprint density at radius 3 is 2.56 bits per heavy atom. The van der Waals surface area contributed by atoms with Gasteiger partial charge in [-0.25, -0.2) is 0 Å². The molecule has 18 heavy (non-hydrogen) atoms. The zero-order valence-corrected chi connectivity index (χ0v) is 13.4. The molecule has 0 amide bonds. The van der Waals surface area contributed by atoms with Crippen molar-refractivity contribution >= 4 is 23.4 Å². The van der Waals surface area contributed by atoms with Gasteiger partial charge >= 0.3 is 0 Å². The maximum absolute atomic E-state index is 6.36. The van der Waals surface area contributed by atoms with Crippen LogP contribution in [0.2, 0.25) is 5.02 Å². The summed E-state index contributed by atoms with van der Waals surface area (Å²) in [6.45, 7) is 9.85. The number of thioether (sulfide) groups is 1. The Morgan fingerprint density at radius 2 is 2.00 bits per heavy atom. The van der Waals surface area contributed by atoms with E-state index in [1.54, 1.807) is 0 Å². The van der Waals surface area contributed by atoms with Gasteiger partial charge in [0.2, 0.25) is 0 Å². The van der Waals surface area contributed by atoms with Crippen molar-refractivity contribution in [1.29, 1.82) is 0 Å². The van der Waals surface area contributed by atoms with Crippen LogP contribution in [0.5, 0.6) is 0 Å². The van der Waals surface area contributed by atoms with E-state index in [1.165, 1.54) is 10.5 Å². The highest BCUT2D eigenvalue weighted by Gasteiger charge is 2.09. The van der Waals surface area contributed by atoms with E-state index in [-0.39, 0.29) is 0 Å². The van der Waals surface area contributed by atoms with E-state index >= 15 is 0 Å². The lowest BCUT2D eigenvalue weighted by Gasteiger charge is -2.16. The number of halogens is 1. The molecule has 1 rings (SSSR count). The van der Waals surface area contributed by atoms with Gasteiger partial charge in [-0.2, -0.15) is 0 Å². The summed E-state index contributed by atoms with van der Waals surface area (Å²) in [5.41, 5.74) is 1.27. The second-order valence-corrected chi connectivity index (χ2v) is 6.59. The number of nitrogens with one attached hydrogen (secondary N) is 1. The Bertz CT molecular complexity index is 368. The number of hydrogen-bond donors (Lipinski definition) is 1. The SMILES string of the molecule is CCCNC(C)c1ccc(SC(C)CC)c(Cl)c1. The first-order valence-corrected chi connectivity index (χ1v) is 8.03. The molecule has 1 aromatic carbocycles. The van der Waals surface area contributed by atoms with Crippen LogP contribution < -0.4 is 5.32 Å². The van der Waals surface area contributed by atoms with Crippen LogP contribution in [0.25, 0.3) is 0 Å². The smallest absolute Gasteiger partial charge is 0.0545 e. The predicted molar refractivity (Wildman–Crippen MR) is 83.8 cm³/mol. The summed E-state index contributed by atoms with van der Waals surface area (Å²) < 4.78 is 0.